The normalized spacial score (nSPS) is 12.3. The van der Waals surface area contributed by atoms with Gasteiger partial charge in [-0.25, -0.2) is 8.78 Å². The topological polar surface area (TPSA) is 29.1 Å². The summed E-state index contributed by atoms with van der Waals surface area (Å²) in [5.74, 6) is -1.88. The third-order valence-corrected chi connectivity index (χ3v) is 3.12. The van der Waals surface area contributed by atoms with Crippen LogP contribution in [0.1, 0.15) is 23.7 Å². The Balaban J connectivity index is 2.73. The monoisotopic (exact) mass is 339 g/mol. The first-order valence-electron chi connectivity index (χ1n) is 5.44. The molecule has 0 spiro atoms. The zero-order valence-corrected chi connectivity index (χ0v) is 12.1. The minimum atomic E-state index is -0.885. The molecule has 0 aromatic heterocycles. The maximum Gasteiger partial charge on any atom is 0.257 e. The Labute approximate surface area is 118 Å². The molecule has 6 heteroatoms. The molecule has 18 heavy (non-hydrogen) atoms. The van der Waals surface area contributed by atoms with Crippen LogP contribution in [0.4, 0.5) is 8.78 Å². The Kier molecular flexibility index (Phi) is 6.02. The second-order valence-electron chi connectivity index (χ2n) is 4.04. The minimum absolute atomic E-state index is 0.160. The van der Waals surface area contributed by atoms with Crippen LogP contribution < -0.4 is 5.32 Å². The summed E-state index contributed by atoms with van der Waals surface area (Å²) in [5.41, 5.74) is -0.559. The highest BCUT2D eigenvalue weighted by Crippen LogP contribution is 2.19. The van der Waals surface area contributed by atoms with E-state index in [-0.39, 0.29) is 10.4 Å². The van der Waals surface area contributed by atoms with Gasteiger partial charge in [-0.1, -0.05) is 22.9 Å². The van der Waals surface area contributed by atoms with E-state index in [4.69, 9.17) is 11.6 Å². The van der Waals surface area contributed by atoms with Crippen LogP contribution in [0.3, 0.4) is 0 Å². The Morgan fingerprint density at radius 1 is 1.44 bits per heavy atom. The molecule has 0 saturated carbocycles. The highest BCUT2D eigenvalue weighted by molar-refractivity contribution is 9.10. The number of alkyl halides is 1. The molecule has 0 bridgehead atoms. The van der Waals surface area contributed by atoms with Crippen molar-refractivity contribution in [2.75, 3.05) is 12.4 Å². The molecule has 1 N–H and O–H groups in total. The molecule has 1 unspecified atom stereocenters. The zero-order valence-electron chi connectivity index (χ0n) is 9.77. The van der Waals surface area contributed by atoms with Crippen LogP contribution in [0.15, 0.2) is 16.6 Å². The fraction of sp³-hybridized carbons (Fsp3) is 0.417. The molecule has 1 aromatic carbocycles. The number of amides is 1. The Morgan fingerprint density at radius 3 is 2.50 bits per heavy atom. The lowest BCUT2D eigenvalue weighted by Crippen LogP contribution is -2.30. The molecule has 1 amide bonds. The van der Waals surface area contributed by atoms with Crippen LogP contribution in [0, 0.1) is 17.6 Å². The third-order valence-electron chi connectivity index (χ3n) is 2.45. The fourth-order valence-electron chi connectivity index (χ4n) is 1.40. The largest absolute Gasteiger partial charge is 0.352 e. The van der Waals surface area contributed by atoms with Gasteiger partial charge in [0.05, 0.1) is 0 Å². The summed E-state index contributed by atoms with van der Waals surface area (Å²) in [4.78, 5) is 11.7. The molecule has 0 aliphatic heterocycles. The van der Waals surface area contributed by atoms with Crippen molar-refractivity contribution in [2.45, 2.75) is 13.3 Å². The SMILES string of the molecule is CC(CCCl)CNC(=O)c1c(F)cc(Br)cc1F. The molecule has 0 aliphatic carbocycles. The number of hydrogen-bond acceptors (Lipinski definition) is 1. The minimum Gasteiger partial charge on any atom is -0.352 e. The van der Waals surface area contributed by atoms with Gasteiger partial charge < -0.3 is 5.32 Å². The number of hydrogen-bond donors (Lipinski definition) is 1. The van der Waals surface area contributed by atoms with Crippen LogP contribution >= 0.6 is 27.5 Å². The molecular formula is C12H13BrClF2NO. The lowest BCUT2D eigenvalue weighted by Gasteiger charge is -2.12. The predicted molar refractivity (Wildman–Crippen MR) is 70.9 cm³/mol. The van der Waals surface area contributed by atoms with E-state index in [0.717, 1.165) is 18.6 Å². The highest BCUT2D eigenvalue weighted by atomic mass is 79.9. The molecule has 100 valence electrons. The van der Waals surface area contributed by atoms with E-state index in [1.807, 2.05) is 6.92 Å². The van der Waals surface area contributed by atoms with Gasteiger partial charge >= 0.3 is 0 Å². The van der Waals surface area contributed by atoms with Crippen molar-refractivity contribution in [3.8, 4) is 0 Å². The first kappa shape index (κ1) is 15.4. The zero-order chi connectivity index (χ0) is 13.7. The molecular weight excluding hydrogens is 327 g/mol. The average Bonchev–Trinajstić information content (AvgIpc) is 2.25. The Hall–Kier alpha value is -0.680. The number of nitrogens with one attached hydrogen (secondary N) is 1. The summed E-state index contributed by atoms with van der Waals surface area (Å²) in [6.07, 6.45) is 0.729. The summed E-state index contributed by atoms with van der Waals surface area (Å²) >= 11 is 8.51. The number of carbonyl (C=O) groups is 1. The second kappa shape index (κ2) is 7.04. The maximum absolute atomic E-state index is 13.5. The van der Waals surface area contributed by atoms with Gasteiger partial charge in [0, 0.05) is 16.9 Å². The van der Waals surface area contributed by atoms with Gasteiger partial charge in [-0.15, -0.1) is 11.6 Å². The lowest BCUT2D eigenvalue weighted by atomic mass is 10.1. The van der Waals surface area contributed by atoms with E-state index in [1.54, 1.807) is 0 Å². The molecule has 0 radical (unpaired) electrons. The Morgan fingerprint density at radius 2 is 2.00 bits per heavy atom. The third kappa shape index (κ3) is 4.21. The van der Waals surface area contributed by atoms with Crippen LogP contribution in [0.5, 0.6) is 0 Å². The van der Waals surface area contributed by atoms with Crippen LogP contribution in [-0.4, -0.2) is 18.3 Å². The van der Waals surface area contributed by atoms with Crippen molar-refractivity contribution < 1.29 is 13.6 Å². The van der Waals surface area contributed by atoms with Gasteiger partial charge in [0.1, 0.15) is 17.2 Å². The second-order valence-corrected chi connectivity index (χ2v) is 5.33. The number of carbonyl (C=O) groups excluding carboxylic acids is 1. The molecule has 0 heterocycles. The van der Waals surface area contributed by atoms with Crippen LogP contribution in [0.2, 0.25) is 0 Å². The van der Waals surface area contributed by atoms with Gasteiger partial charge in [0.25, 0.3) is 5.91 Å². The van der Waals surface area contributed by atoms with E-state index in [2.05, 4.69) is 21.2 Å². The van der Waals surface area contributed by atoms with Gasteiger partial charge in [-0.3, -0.25) is 4.79 Å². The van der Waals surface area contributed by atoms with E-state index >= 15 is 0 Å². The summed E-state index contributed by atoms with van der Waals surface area (Å²) < 4.78 is 27.2. The average molecular weight is 341 g/mol. The van der Waals surface area contributed by atoms with Gasteiger partial charge in [-0.05, 0) is 24.5 Å². The highest BCUT2D eigenvalue weighted by Gasteiger charge is 2.18. The van der Waals surface area contributed by atoms with E-state index < -0.39 is 23.1 Å². The molecule has 1 aromatic rings. The fourth-order valence-corrected chi connectivity index (χ4v) is 2.18. The van der Waals surface area contributed by atoms with Crippen LogP contribution in [0.25, 0.3) is 0 Å². The molecule has 1 rings (SSSR count). The first-order valence-corrected chi connectivity index (χ1v) is 6.77. The first-order chi connectivity index (χ1) is 8.45. The molecule has 1 atom stereocenters. The molecule has 2 nitrogen and oxygen atoms in total. The number of rotatable bonds is 5. The number of benzene rings is 1. The van der Waals surface area contributed by atoms with Crippen molar-refractivity contribution in [3.63, 3.8) is 0 Å². The predicted octanol–water partition coefficient (Wildman–Crippen LogP) is 3.72. The summed E-state index contributed by atoms with van der Waals surface area (Å²) in [5, 5.41) is 2.49. The van der Waals surface area contributed by atoms with E-state index in [0.29, 0.717) is 12.4 Å². The molecule has 0 aliphatic rings. The lowest BCUT2D eigenvalue weighted by molar-refractivity contribution is 0.0939. The summed E-state index contributed by atoms with van der Waals surface area (Å²) in [6.45, 7) is 2.23. The van der Waals surface area contributed by atoms with Crippen molar-refractivity contribution in [1.82, 2.24) is 5.32 Å². The summed E-state index contributed by atoms with van der Waals surface area (Å²) in [6, 6.07) is 2.11. The maximum atomic E-state index is 13.5. The van der Waals surface area contributed by atoms with Gasteiger partial charge in [0.15, 0.2) is 0 Å². The molecule has 0 fully saturated rings. The quantitative estimate of drug-likeness (QED) is 0.813. The van der Waals surface area contributed by atoms with Crippen molar-refractivity contribution in [3.05, 3.63) is 33.8 Å². The number of halogens is 4. The summed E-state index contributed by atoms with van der Waals surface area (Å²) in [7, 11) is 0. The van der Waals surface area contributed by atoms with Crippen molar-refractivity contribution in [2.24, 2.45) is 5.92 Å². The van der Waals surface area contributed by atoms with Crippen molar-refractivity contribution in [1.29, 1.82) is 0 Å². The van der Waals surface area contributed by atoms with E-state index in [9.17, 15) is 13.6 Å². The van der Waals surface area contributed by atoms with Gasteiger partial charge in [0.2, 0.25) is 0 Å². The van der Waals surface area contributed by atoms with Crippen molar-refractivity contribution >= 4 is 33.4 Å². The standard InChI is InChI=1S/C12H13BrClF2NO/c1-7(2-3-14)6-17-12(18)11-9(15)4-8(13)5-10(11)16/h4-5,7H,2-3,6H2,1H3,(H,17,18). The molecule has 0 saturated heterocycles. The smallest absolute Gasteiger partial charge is 0.257 e. The van der Waals surface area contributed by atoms with E-state index in [1.165, 1.54) is 0 Å². The van der Waals surface area contributed by atoms with Crippen LogP contribution in [-0.2, 0) is 0 Å². The Bertz CT molecular complexity index is 419. The van der Waals surface area contributed by atoms with Gasteiger partial charge in [-0.2, -0.15) is 0 Å².